The van der Waals surface area contributed by atoms with Crippen LogP contribution in [-0.2, 0) is 9.53 Å². The Hall–Kier alpha value is -1.79. The molecule has 2 bridgehead atoms. The molecule has 6 rings (SSSR count). The normalized spacial score (nSPS) is 33.4. The predicted molar refractivity (Wildman–Crippen MR) is 100 cm³/mol. The van der Waals surface area contributed by atoms with Gasteiger partial charge in [-0.25, -0.2) is 0 Å². The van der Waals surface area contributed by atoms with E-state index in [-0.39, 0.29) is 5.91 Å². The Kier molecular flexibility index (Phi) is 4.48. The van der Waals surface area contributed by atoms with Crippen LogP contribution in [0.5, 0.6) is 11.5 Å². The summed E-state index contributed by atoms with van der Waals surface area (Å²) in [7, 11) is 0. The summed E-state index contributed by atoms with van der Waals surface area (Å²) in [5, 5.41) is 0. The molecule has 5 aliphatic rings. The zero-order valence-electron chi connectivity index (χ0n) is 15.9. The van der Waals surface area contributed by atoms with Gasteiger partial charge in [-0.3, -0.25) is 9.69 Å². The molecule has 0 unspecified atom stereocenters. The van der Waals surface area contributed by atoms with E-state index in [9.17, 15) is 4.79 Å². The van der Waals surface area contributed by atoms with Gasteiger partial charge in [-0.05, 0) is 56.5 Å². The second-order valence-corrected chi connectivity index (χ2v) is 8.07. The molecule has 4 saturated heterocycles. The number of nitrogens with zero attached hydrogens (tertiary/aromatic N) is 2. The highest BCUT2D eigenvalue weighted by atomic mass is 16.7. The number of hydrogen-bond acceptors (Lipinski definition) is 5. The molecule has 6 heteroatoms. The van der Waals surface area contributed by atoms with Crippen LogP contribution in [0.2, 0.25) is 0 Å². The molecule has 6 nitrogen and oxygen atoms in total. The van der Waals surface area contributed by atoms with Gasteiger partial charge in [0.1, 0.15) is 0 Å². The third-order valence-electron chi connectivity index (χ3n) is 6.80. The maximum atomic E-state index is 13.0. The van der Waals surface area contributed by atoms with Crippen molar-refractivity contribution in [3.8, 4) is 11.5 Å². The van der Waals surface area contributed by atoms with Crippen molar-refractivity contribution in [3.63, 3.8) is 0 Å². The lowest BCUT2D eigenvalue weighted by Crippen LogP contribution is -2.60. The van der Waals surface area contributed by atoms with E-state index in [1.807, 2.05) is 13.0 Å². The van der Waals surface area contributed by atoms with E-state index in [1.165, 1.54) is 18.4 Å². The maximum absolute atomic E-state index is 13.0. The molecule has 0 N–H and O–H groups in total. The van der Waals surface area contributed by atoms with Crippen LogP contribution in [-0.4, -0.2) is 67.4 Å². The number of ether oxygens (including phenoxy) is 3. The summed E-state index contributed by atoms with van der Waals surface area (Å²) in [5.41, 5.74) is 1.27. The summed E-state index contributed by atoms with van der Waals surface area (Å²) in [4.78, 5) is 17.8. The van der Waals surface area contributed by atoms with Gasteiger partial charge in [0.2, 0.25) is 12.7 Å². The number of carbonyl (C=O) groups is 1. The fraction of sp³-hybridized carbons (Fsp3) is 0.667. The molecule has 0 saturated carbocycles. The van der Waals surface area contributed by atoms with Crippen LogP contribution in [0.25, 0.3) is 0 Å². The molecule has 0 spiro atoms. The molecule has 146 valence electrons. The van der Waals surface area contributed by atoms with Crippen LogP contribution >= 0.6 is 0 Å². The van der Waals surface area contributed by atoms with Gasteiger partial charge in [0.15, 0.2) is 11.5 Å². The zero-order chi connectivity index (χ0) is 18.4. The average molecular weight is 372 g/mol. The molecular formula is C21H28N2O4. The SMILES string of the molecule is CCOCCC(=O)N1C[C@H](c2ccc3c(c2)OCO3)[C@H]2[C@@H]1C1CCN2CC1. The number of fused-ring (bicyclic) bond motifs is 3. The first kappa shape index (κ1) is 17.3. The molecule has 0 aromatic heterocycles. The number of likely N-dealkylation sites (tertiary alicyclic amines) is 1. The molecule has 4 fully saturated rings. The van der Waals surface area contributed by atoms with Crippen molar-refractivity contribution in [3.05, 3.63) is 23.8 Å². The number of carbonyl (C=O) groups excluding carboxylic acids is 1. The molecule has 1 aromatic rings. The fourth-order valence-corrected chi connectivity index (χ4v) is 5.59. The van der Waals surface area contributed by atoms with Gasteiger partial charge in [-0.1, -0.05) is 6.07 Å². The lowest BCUT2D eigenvalue weighted by molar-refractivity contribution is -0.137. The summed E-state index contributed by atoms with van der Waals surface area (Å²) < 4.78 is 16.5. The van der Waals surface area contributed by atoms with Crippen LogP contribution in [0.15, 0.2) is 18.2 Å². The quantitative estimate of drug-likeness (QED) is 0.742. The summed E-state index contributed by atoms with van der Waals surface area (Å²) in [6, 6.07) is 7.07. The van der Waals surface area contributed by atoms with Crippen molar-refractivity contribution in [1.29, 1.82) is 0 Å². The fourth-order valence-electron chi connectivity index (χ4n) is 5.59. The van der Waals surface area contributed by atoms with Crippen molar-refractivity contribution in [2.45, 2.75) is 44.2 Å². The number of hydrogen-bond donors (Lipinski definition) is 0. The molecule has 5 aliphatic heterocycles. The van der Waals surface area contributed by atoms with Crippen molar-refractivity contribution >= 4 is 5.91 Å². The Morgan fingerprint density at radius 3 is 2.81 bits per heavy atom. The van der Waals surface area contributed by atoms with Crippen molar-refractivity contribution in [2.24, 2.45) is 5.92 Å². The molecule has 0 radical (unpaired) electrons. The largest absolute Gasteiger partial charge is 0.454 e. The first-order valence-electron chi connectivity index (χ1n) is 10.3. The van der Waals surface area contributed by atoms with E-state index < -0.39 is 0 Å². The van der Waals surface area contributed by atoms with E-state index in [0.717, 1.165) is 31.1 Å². The van der Waals surface area contributed by atoms with Gasteiger partial charge in [0, 0.05) is 25.1 Å². The standard InChI is InChI=1S/C21H28N2O4/c1-2-25-10-7-19(24)23-12-16(15-3-4-17-18(11-15)27-13-26-17)21-20(23)14-5-8-22(21)9-6-14/h3-4,11,14,16,20-21H,2,5-10,12-13H2,1H3/t16-,20+,21+/m1/s1. The Morgan fingerprint density at radius 2 is 2.00 bits per heavy atom. The average Bonchev–Trinajstić information content (AvgIpc) is 3.34. The molecule has 5 heterocycles. The number of rotatable bonds is 5. The van der Waals surface area contributed by atoms with E-state index in [1.54, 1.807) is 0 Å². The number of piperidine rings is 3. The Morgan fingerprint density at radius 1 is 1.19 bits per heavy atom. The molecular weight excluding hydrogens is 344 g/mol. The van der Waals surface area contributed by atoms with E-state index in [0.29, 0.717) is 50.3 Å². The van der Waals surface area contributed by atoms with Gasteiger partial charge in [-0.15, -0.1) is 0 Å². The molecule has 0 aliphatic carbocycles. The first-order chi connectivity index (χ1) is 13.3. The lowest BCUT2D eigenvalue weighted by Gasteiger charge is -2.51. The maximum Gasteiger partial charge on any atom is 0.231 e. The highest BCUT2D eigenvalue weighted by Gasteiger charge is 2.54. The lowest BCUT2D eigenvalue weighted by atomic mass is 9.75. The summed E-state index contributed by atoms with van der Waals surface area (Å²) in [5.74, 6) is 2.87. The second kappa shape index (κ2) is 6.99. The molecule has 3 atom stereocenters. The molecule has 27 heavy (non-hydrogen) atoms. The Bertz CT molecular complexity index is 716. The number of benzene rings is 1. The summed E-state index contributed by atoms with van der Waals surface area (Å²) in [6.07, 6.45) is 2.91. The van der Waals surface area contributed by atoms with Crippen LogP contribution in [0.4, 0.5) is 0 Å². The van der Waals surface area contributed by atoms with Gasteiger partial charge < -0.3 is 19.1 Å². The van der Waals surface area contributed by atoms with Crippen LogP contribution in [0.1, 0.15) is 37.7 Å². The van der Waals surface area contributed by atoms with E-state index in [2.05, 4.69) is 21.9 Å². The highest BCUT2D eigenvalue weighted by Crippen LogP contribution is 2.48. The van der Waals surface area contributed by atoms with Crippen molar-refractivity contribution in [1.82, 2.24) is 9.80 Å². The zero-order valence-corrected chi connectivity index (χ0v) is 15.9. The predicted octanol–water partition coefficient (Wildman–Crippen LogP) is 2.23. The smallest absolute Gasteiger partial charge is 0.231 e. The minimum Gasteiger partial charge on any atom is -0.454 e. The Balaban J connectivity index is 1.43. The van der Waals surface area contributed by atoms with Crippen LogP contribution < -0.4 is 9.47 Å². The second-order valence-electron chi connectivity index (χ2n) is 8.07. The van der Waals surface area contributed by atoms with Crippen LogP contribution in [0.3, 0.4) is 0 Å². The van der Waals surface area contributed by atoms with Gasteiger partial charge in [0.25, 0.3) is 0 Å². The van der Waals surface area contributed by atoms with Gasteiger partial charge >= 0.3 is 0 Å². The minimum absolute atomic E-state index is 0.246. The van der Waals surface area contributed by atoms with Gasteiger partial charge in [-0.2, -0.15) is 0 Å². The highest BCUT2D eigenvalue weighted by molar-refractivity contribution is 5.77. The summed E-state index contributed by atoms with van der Waals surface area (Å²) >= 11 is 0. The first-order valence-corrected chi connectivity index (χ1v) is 10.3. The topological polar surface area (TPSA) is 51.2 Å². The third kappa shape index (κ3) is 2.90. The van der Waals surface area contributed by atoms with Gasteiger partial charge in [0.05, 0.1) is 19.1 Å². The minimum atomic E-state index is 0.246. The number of amides is 1. The van der Waals surface area contributed by atoms with Crippen molar-refractivity contribution in [2.75, 3.05) is 39.6 Å². The van der Waals surface area contributed by atoms with Crippen LogP contribution in [0, 0.1) is 5.92 Å². The van der Waals surface area contributed by atoms with Crippen molar-refractivity contribution < 1.29 is 19.0 Å². The Labute approximate surface area is 160 Å². The summed E-state index contributed by atoms with van der Waals surface area (Å²) in [6.45, 7) is 6.57. The molecule has 1 amide bonds. The van der Waals surface area contributed by atoms with E-state index >= 15 is 0 Å². The third-order valence-corrected chi connectivity index (χ3v) is 6.80. The monoisotopic (exact) mass is 372 g/mol. The molecule has 1 aromatic carbocycles. The van der Waals surface area contributed by atoms with E-state index in [4.69, 9.17) is 14.2 Å².